The number of carbonyl (C=O) groups is 2. The first-order valence-electron chi connectivity index (χ1n) is 7.19. The Kier molecular flexibility index (Phi) is 4.77. The van der Waals surface area contributed by atoms with E-state index in [1.807, 2.05) is 29.2 Å². The summed E-state index contributed by atoms with van der Waals surface area (Å²) in [5, 5.41) is 2.72. The lowest BCUT2D eigenvalue weighted by Crippen LogP contribution is -2.38. The topological polar surface area (TPSA) is 49.4 Å². The van der Waals surface area contributed by atoms with Crippen LogP contribution in [0.25, 0.3) is 0 Å². The maximum absolute atomic E-state index is 12.2. The van der Waals surface area contributed by atoms with E-state index in [1.54, 1.807) is 0 Å². The third kappa shape index (κ3) is 4.08. The summed E-state index contributed by atoms with van der Waals surface area (Å²) >= 11 is 0. The fraction of sp³-hybridized carbons (Fsp3) is 0.500. The van der Waals surface area contributed by atoms with Crippen LogP contribution in [0.4, 0.5) is 5.69 Å². The number of carbonyl (C=O) groups excluding carboxylic acids is 2. The molecule has 4 heteroatoms. The molecule has 2 rings (SSSR count). The van der Waals surface area contributed by atoms with Gasteiger partial charge in [0, 0.05) is 25.7 Å². The van der Waals surface area contributed by atoms with E-state index in [0.29, 0.717) is 6.42 Å². The highest BCUT2D eigenvalue weighted by Crippen LogP contribution is 2.17. The zero-order valence-corrected chi connectivity index (χ0v) is 12.2. The van der Waals surface area contributed by atoms with E-state index in [4.69, 9.17) is 0 Å². The van der Waals surface area contributed by atoms with Crippen LogP contribution < -0.4 is 5.32 Å². The standard InChI is InChI=1S/C16H22N2O2/c1-12-7-9-18(10-8-12)16(20)11-14-3-5-15(6-4-14)17-13(2)19/h3-6,12H,7-11H2,1-2H3,(H,17,19). The number of anilines is 1. The number of likely N-dealkylation sites (tertiary alicyclic amines) is 1. The molecule has 0 aliphatic carbocycles. The summed E-state index contributed by atoms with van der Waals surface area (Å²) in [6, 6.07) is 7.47. The molecule has 0 unspecified atom stereocenters. The van der Waals surface area contributed by atoms with Gasteiger partial charge in [-0.3, -0.25) is 9.59 Å². The van der Waals surface area contributed by atoms with E-state index >= 15 is 0 Å². The van der Waals surface area contributed by atoms with E-state index in [0.717, 1.165) is 43.1 Å². The molecule has 0 bridgehead atoms. The lowest BCUT2D eigenvalue weighted by Gasteiger charge is -2.30. The normalized spacial score (nSPS) is 16.0. The fourth-order valence-corrected chi connectivity index (χ4v) is 2.45. The van der Waals surface area contributed by atoms with Gasteiger partial charge in [0.05, 0.1) is 6.42 Å². The van der Waals surface area contributed by atoms with E-state index in [1.165, 1.54) is 6.92 Å². The highest BCUT2D eigenvalue weighted by atomic mass is 16.2. The van der Waals surface area contributed by atoms with Gasteiger partial charge in [-0.1, -0.05) is 19.1 Å². The van der Waals surface area contributed by atoms with Gasteiger partial charge in [0.15, 0.2) is 0 Å². The van der Waals surface area contributed by atoms with Crippen molar-refractivity contribution in [2.45, 2.75) is 33.1 Å². The Bertz CT molecular complexity index is 474. The molecule has 2 amide bonds. The molecule has 0 aromatic heterocycles. The minimum Gasteiger partial charge on any atom is -0.342 e. The molecule has 0 radical (unpaired) electrons. The van der Waals surface area contributed by atoms with Crippen molar-refractivity contribution >= 4 is 17.5 Å². The van der Waals surface area contributed by atoms with E-state index in [9.17, 15) is 9.59 Å². The number of benzene rings is 1. The zero-order valence-electron chi connectivity index (χ0n) is 12.2. The molecule has 1 aliphatic rings. The third-order valence-electron chi connectivity index (χ3n) is 3.77. The molecule has 0 atom stereocenters. The van der Waals surface area contributed by atoms with Crippen LogP contribution in [0.2, 0.25) is 0 Å². The van der Waals surface area contributed by atoms with Crippen LogP contribution in [0.1, 0.15) is 32.3 Å². The summed E-state index contributed by atoms with van der Waals surface area (Å²) in [5.41, 5.74) is 1.75. The largest absolute Gasteiger partial charge is 0.342 e. The van der Waals surface area contributed by atoms with Crippen molar-refractivity contribution in [3.8, 4) is 0 Å². The van der Waals surface area contributed by atoms with Crippen LogP contribution in [0.3, 0.4) is 0 Å². The van der Waals surface area contributed by atoms with Crippen molar-refractivity contribution in [1.82, 2.24) is 4.90 Å². The predicted molar refractivity (Wildman–Crippen MR) is 79.4 cm³/mol. The maximum atomic E-state index is 12.2. The summed E-state index contributed by atoms with van der Waals surface area (Å²) < 4.78 is 0. The molecule has 1 aliphatic heterocycles. The Morgan fingerprint density at radius 2 is 1.80 bits per heavy atom. The second-order valence-electron chi connectivity index (χ2n) is 5.62. The molecule has 1 aromatic carbocycles. The lowest BCUT2D eigenvalue weighted by atomic mass is 9.98. The molecule has 1 saturated heterocycles. The lowest BCUT2D eigenvalue weighted by molar-refractivity contribution is -0.131. The van der Waals surface area contributed by atoms with Crippen molar-refractivity contribution in [3.63, 3.8) is 0 Å². The first-order valence-corrected chi connectivity index (χ1v) is 7.19. The van der Waals surface area contributed by atoms with Crippen LogP contribution in [0.15, 0.2) is 24.3 Å². The van der Waals surface area contributed by atoms with Crippen LogP contribution in [0, 0.1) is 5.92 Å². The molecule has 1 fully saturated rings. The molecular formula is C16H22N2O2. The minimum absolute atomic E-state index is 0.0868. The quantitative estimate of drug-likeness (QED) is 0.920. The van der Waals surface area contributed by atoms with E-state index in [2.05, 4.69) is 12.2 Å². The molecule has 1 heterocycles. The van der Waals surface area contributed by atoms with Crippen molar-refractivity contribution in [1.29, 1.82) is 0 Å². The minimum atomic E-state index is -0.0868. The molecule has 108 valence electrons. The van der Waals surface area contributed by atoms with Crippen molar-refractivity contribution in [2.24, 2.45) is 5.92 Å². The Morgan fingerprint density at radius 3 is 2.35 bits per heavy atom. The van der Waals surface area contributed by atoms with Gasteiger partial charge < -0.3 is 10.2 Å². The van der Waals surface area contributed by atoms with Gasteiger partial charge in [-0.2, -0.15) is 0 Å². The monoisotopic (exact) mass is 274 g/mol. The van der Waals surface area contributed by atoms with E-state index < -0.39 is 0 Å². The first kappa shape index (κ1) is 14.6. The highest BCUT2D eigenvalue weighted by Gasteiger charge is 2.20. The average molecular weight is 274 g/mol. The SMILES string of the molecule is CC(=O)Nc1ccc(CC(=O)N2CCC(C)CC2)cc1. The second kappa shape index (κ2) is 6.55. The van der Waals surface area contributed by atoms with Gasteiger partial charge >= 0.3 is 0 Å². The number of amides is 2. The Morgan fingerprint density at radius 1 is 1.20 bits per heavy atom. The first-order chi connectivity index (χ1) is 9.54. The number of nitrogens with one attached hydrogen (secondary N) is 1. The molecule has 1 N–H and O–H groups in total. The average Bonchev–Trinajstić information content (AvgIpc) is 2.41. The molecule has 0 spiro atoms. The van der Waals surface area contributed by atoms with Gasteiger partial charge in [-0.15, -0.1) is 0 Å². The highest BCUT2D eigenvalue weighted by molar-refractivity contribution is 5.88. The number of hydrogen-bond donors (Lipinski definition) is 1. The van der Waals surface area contributed by atoms with Crippen molar-refractivity contribution in [2.75, 3.05) is 18.4 Å². The van der Waals surface area contributed by atoms with Crippen LogP contribution in [0.5, 0.6) is 0 Å². The van der Waals surface area contributed by atoms with Gasteiger partial charge in [0.2, 0.25) is 11.8 Å². The van der Waals surface area contributed by atoms with E-state index in [-0.39, 0.29) is 11.8 Å². The number of piperidine rings is 1. The summed E-state index contributed by atoms with van der Waals surface area (Å²) in [4.78, 5) is 25.1. The number of nitrogens with zero attached hydrogens (tertiary/aromatic N) is 1. The fourth-order valence-electron chi connectivity index (χ4n) is 2.45. The predicted octanol–water partition coefficient (Wildman–Crippen LogP) is 2.45. The Hall–Kier alpha value is -1.84. The molecular weight excluding hydrogens is 252 g/mol. The van der Waals surface area contributed by atoms with Gasteiger partial charge in [-0.25, -0.2) is 0 Å². The van der Waals surface area contributed by atoms with Crippen molar-refractivity contribution < 1.29 is 9.59 Å². The van der Waals surface area contributed by atoms with Gasteiger partial charge in [0.25, 0.3) is 0 Å². The maximum Gasteiger partial charge on any atom is 0.226 e. The summed E-state index contributed by atoms with van der Waals surface area (Å²) in [6.45, 7) is 5.48. The summed E-state index contributed by atoms with van der Waals surface area (Å²) in [5.74, 6) is 0.844. The van der Waals surface area contributed by atoms with Gasteiger partial charge in [-0.05, 0) is 36.5 Å². The smallest absolute Gasteiger partial charge is 0.226 e. The molecule has 20 heavy (non-hydrogen) atoms. The molecule has 4 nitrogen and oxygen atoms in total. The molecule has 1 aromatic rings. The van der Waals surface area contributed by atoms with Crippen LogP contribution in [-0.2, 0) is 16.0 Å². The third-order valence-corrected chi connectivity index (χ3v) is 3.77. The number of rotatable bonds is 3. The van der Waals surface area contributed by atoms with Crippen LogP contribution >= 0.6 is 0 Å². The van der Waals surface area contributed by atoms with Crippen LogP contribution in [-0.4, -0.2) is 29.8 Å². The Balaban J connectivity index is 1.89. The second-order valence-corrected chi connectivity index (χ2v) is 5.62. The van der Waals surface area contributed by atoms with Gasteiger partial charge in [0.1, 0.15) is 0 Å². The van der Waals surface area contributed by atoms with Crippen molar-refractivity contribution in [3.05, 3.63) is 29.8 Å². The summed E-state index contributed by atoms with van der Waals surface area (Å²) in [6.07, 6.45) is 2.65. The number of hydrogen-bond acceptors (Lipinski definition) is 2. The summed E-state index contributed by atoms with van der Waals surface area (Å²) in [7, 11) is 0. The zero-order chi connectivity index (χ0) is 14.5. The Labute approximate surface area is 120 Å². The molecule has 0 saturated carbocycles.